The number of anilines is 4. The van der Waals surface area contributed by atoms with Crippen LogP contribution in [0.25, 0.3) is 0 Å². The van der Waals surface area contributed by atoms with Gasteiger partial charge in [0.15, 0.2) is 5.78 Å². The van der Waals surface area contributed by atoms with Gasteiger partial charge in [0.25, 0.3) is 0 Å². The summed E-state index contributed by atoms with van der Waals surface area (Å²) >= 11 is 0. The lowest BCUT2D eigenvalue weighted by Crippen LogP contribution is -2.36. The highest BCUT2D eigenvalue weighted by molar-refractivity contribution is 6.09. The van der Waals surface area contributed by atoms with Gasteiger partial charge in [-0.3, -0.25) is 4.79 Å². The zero-order valence-corrected chi connectivity index (χ0v) is 21.7. The molecule has 1 saturated heterocycles. The van der Waals surface area contributed by atoms with Crippen molar-refractivity contribution in [3.8, 4) is 0 Å². The first-order valence-corrected chi connectivity index (χ1v) is 13.2. The van der Waals surface area contributed by atoms with Crippen LogP contribution in [0.15, 0.2) is 97.1 Å². The van der Waals surface area contributed by atoms with E-state index < -0.39 is 0 Å². The van der Waals surface area contributed by atoms with Crippen LogP contribution in [0, 0.1) is 0 Å². The molecule has 188 valence electrons. The Morgan fingerprint density at radius 3 is 1.49 bits per heavy atom. The van der Waals surface area contributed by atoms with Crippen molar-refractivity contribution in [2.24, 2.45) is 0 Å². The largest absolute Gasteiger partial charge is 0.378 e. The molecule has 0 aliphatic carbocycles. The molecule has 1 fully saturated rings. The second-order valence-corrected chi connectivity index (χ2v) is 9.40. The number of carbonyl (C=O) groups excluding carboxylic acids is 1. The van der Waals surface area contributed by atoms with Crippen molar-refractivity contribution in [1.82, 2.24) is 0 Å². The summed E-state index contributed by atoms with van der Waals surface area (Å²) in [7, 11) is 0. The van der Waals surface area contributed by atoms with Crippen LogP contribution in [0.3, 0.4) is 0 Å². The zero-order chi connectivity index (χ0) is 25.6. The molecule has 4 nitrogen and oxygen atoms in total. The van der Waals surface area contributed by atoms with Gasteiger partial charge < -0.3 is 14.5 Å². The fourth-order valence-corrected chi connectivity index (χ4v) is 4.78. The Labute approximate surface area is 220 Å². The first-order valence-electron chi connectivity index (χ1n) is 13.2. The number of rotatable bonds is 8. The highest BCUT2D eigenvalue weighted by Gasteiger charge is 2.16. The van der Waals surface area contributed by atoms with E-state index in [1.54, 1.807) is 0 Å². The summed E-state index contributed by atoms with van der Waals surface area (Å²) in [5.41, 5.74) is 8.36. The van der Waals surface area contributed by atoms with E-state index in [1.807, 2.05) is 48.5 Å². The molecule has 1 heterocycles. The standard InChI is InChI=1S/C33H34N2O2/c1-3-25-5-13-30(14-6-25)35(31-15-7-26(4-2)8-16-31)32-19-11-28(12-20-32)33(36)27-9-17-29(18-10-27)34-21-23-37-24-22-34/h5-20H,3-4,21-24H2,1-2H3. The van der Waals surface area contributed by atoms with Gasteiger partial charge in [-0.15, -0.1) is 0 Å². The number of nitrogens with zero attached hydrogens (tertiary/aromatic N) is 2. The molecule has 0 aromatic heterocycles. The third kappa shape index (κ3) is 5.60. The monoisotopic (exact) mass is 490 g/mol. The van der Waals surface area contributed by atoms with Crippen LogP contribution in [0.4, 0.5) is 22.7 Å². The van der Waals surface area contributed by atoms with Crippen LogP contribution >= 0.6 is 0 Å². The predicted molar refractivity (Wildman–Crippen MR) is 153 cm³/mol. The number of carbonyl (C=O) groups is 1. The molecule has 37 heavy (non-hydrogen) atoms. The van der Waals surface area contributed by atoms with E-state index in [4.69, 9.17) is 4.74 Å². The summed E-state index contributed by atoms with van der Waals surface area (Å²) in [5.74, 6) is 0.0335. The average molecular weight is 491 g/mol. The Morgan fingerprint density at radius 1 is 0.649 bits per heavy atom. The SMILES string of the molecule is CCc1ccc(N(c2ccc(CC)cc2)c2ccc(C(=O)c3ccc(N4CCOCC4)cc3)cc2)cc1. The van der Waals surface area contributed by atoms with E-state index in [2.05, 4.69) is 72.2 Å². The van der Waals surface area contributed by atoms with Crippen molar-refractivity contribution >= 4 is 28.5 Å². The van der Waals surface area contributed by atoms with E-state index in [9.17, 15) is 4.79 Å². The summed E-state index contributed by atoms with van der Waals surface area (Å²) in [4.78, 5) is 17.8. The molecule has 0 N–H and O–H groups in total. The summed E-state index contributed by atoms with van der Waals surface area (Å²) in [6, 6.07) is 33.3. The minimum absolute atomic E-state index is 0.0335. The molecule has 0 unspecified atom stereocenters. The van der Waals surface area contributed by atoms with Gasteiger partial charge in [0.2, 0.25) is 0 Å². The van der Waals surface area contributed by atoms with Crippen molar-refractivity contribution in [2.75, 3.05) is 36.1 Å². The van der Waals surface area contributed by atoms with Crippen LogP contribution < -0.4 is 9.80 Å². The number of hydrogen-bond donors (Lipinski definition) is 0. The van der Waals surface area contributed by atoms with Crippen molar-refractivity contribution in [1.29, 1.82) is 0 Å². The van der Waals surface area contributed by atoms with Crippen molar-refractivity contribution in [2.45, 2.75) is 26.7 Å². The van der Waals surface area contributed by atoms with Crippen molar-refractivity contribution < 1.29 is 9.53 Å². The Balaban J connectivity index is 1.40. The maximum absolute atomic E-state index is 13.2. The third-order valence-corrected chi connectivity index (χ3v) is 7.10. The average Bonchev–Trinajstić information content (AvgIpc) is 2.98. The van der Waals surface area contributed by atoms with E-state index >= 15 is 0 Å². The molecule has 0 atom stereocenters. The maximum atomic E-state index is 13.2. The second kappa shape index (κ2) is 11.4. The van der Waals surface area contributed by atoms with Crippen LogP contribution in [0.2, 0.25) is 0 Å². The molecular formula is C33H34N2O2. The lowest BCUT2D eigenvalue weighted by atomic mass is 10.0. The third-order valence-electron chi connectivity index (χ3n) is 7.10. The minimum Gasteiger partial charge on any atom is -0.378 e. The van der Waals surface area contributed by atoms with Crippen LogP contribution in [-0.4, -0.2) is 32.1 Å². The van der Waals surface area contributed by atoms with Crippen LogP contribution in [0.1, 0.15) is 40.9 Å². The predicted octanol–water partition coefficient (Wildman–Crippen LogP) is 7.35. The van der Waals surface area contributed by atoms with Gasteiger partial charge in [0, 0.05) is 47.0 Å². The maximum Gasteiger partial charge on any atom is 0.193 e. The summed E-state index contributed by atoms with van der Waals surface area (Å²) in [6.45, 7) is 7.59. The normalized spacial score (nSPS) is 13.4. The number of benzene rings is 4. The summed E-state index contributed by atoms with van der Waals surface area (Å²) < 4.78 is 5.45. The molecule has 0 bridgehead atoms. The first kappa shape index (κ1) is 24.8. The van der Waals surface area contributed by atoms with Gasteiger partial charge in [-0.05, 0) is 96.8 Å². The van der Waals surface area contributed by atoms with E-state index in [1.165, 1.54) is 11.1 Å². The van der Waals surface area contributed by atoms with E-state index in [0.29, 0.717) is 11.1 Å². The van der Waals surface area contributed by atoms with E-state index in [0.717, 1.165) is 61.9 Å². The van der Waals surface area contributed by atoms with Crippen LogP contribution in [-0.2, 0) is 17.6 Å². The number of ketones is 1. The highest BCUT2D eigenvalue weighted by Crippen LogP contribution is 2.35. The fourth-order valence-electron chi connectivity index (χ4n) is 4.78. The van der Waals surface area contributed by atoms with Crippen molar-refractivity contribution in [3.63, 3.8) is 0 Å². The molecule has 5 rings (SSSR count). The molecule has 1 aliphatic heterocycles. The summed E-state index contributed by atoms with van der Waals surface area (Å²) in [5, 5.41) is 0. The Morgan fingerprint density at radius 2 is 1.05 bits per heavy atom. The van der Waals surface area contributed by atoms with Gasteiger partial charge in [0.1, 0.15) is 0 Å². The number of hydrogen-bond acceptors (Lipinski definition) is 4. The van der Waals surface area contributed by atoms with Crippen molar-refractivity contribution in [3.05, 3.63) is 119 Å². The quantitative estimate of drug-likeness (QED) is 0.242. The molecule has 0 saturated carbocycles. The molecule has 1 aliphatic rings. The van der Waals surface area contributed by atoms with Gasteiger partial charge in [-0.25, -0.2) is 0 Å². The minimum atomic E-state index is 0.0335. The first-order chi connectivity index (χ1) is 18.2. The Kier molecular flexibility index (Phi) is 7.67. The lowest BCUT2D eigenvalue weighted by Gasteiger charge is -2.28. The zero-order valence-electron chi connectivity index (χ0n) is 21.7. The van der Waals surface area contributed by atoms with Gasteiger partial charge >= 0.3 is 0 Å². The Bertz CT molecular complexity index is 1260. The van der Waals surface area contributed by atoms with E-state index in [-0.39, 0.29) is 5.78 Å². The molecule has 0 radical (unpaired) electrons. The van der Waals surface area contributed by atoms with Crippen LogP contribution in [0.5, 0.6) is 0 Å². The molecular weight excluding hydrogens is 456 g/mol. The number of morpholine rings is 1. The smallest absolute Gasteiger partial charge is 0.193 e. The van der Waals surface area contributed by atoms with Gasteiger partial charge in [-0.1, -0.05) is 38.1 Å². The topological polar surface area (TPSA) is 32.8 Å². The fraction of sp³-hybridized carbons (Fsp3) is 0.242. The molecule has 4 heteroatoms. The molecule has 0 amide bonds. The van der Waals surface area contributed by atoms with Gasteiger partial charge in [-0.2, -0.15) is 0 Å². The second-order valence-electron chi connectivity index (χ2n) is 9.40. The number of ether oxygens (including phenoxy) is 1. The summed E-state index contributed by atoms with van der Waals surface area (Å²) in [6.07, 6.45) is 2.02. The molecule has 0 spiro atoms. The molecule has 4 aromatic carbocycles. The Hall–Kier alpha value is -3.89. The number of aryl methyl sites for hydroxylation is 2. The lowest BCUT2D eigenvalue weighted by molar-refractivity contribution is 0.103. The molecule has 4 aromatic rings. The van der Waals surface area contributed by atoms with Gasteiger partial charge in [0.05, 0.1) is 13.2 Å². The highest BCUT2D eigenvalue weighted by atomic mass is 16.5.